The summed E-state index contributed by atoms with van der Waals surface area (Å²) in [7, 11) is 1.62. The molecule has 0 radical (unpaired) electrons. The highest BCUT2D eigenvalue weighted by atomic mass is 19.1. The van der Waals surface area contributed by atoms with Crippen molar-refractivity contribution in [3.8, 4) is 0 Å². The Labute approximate surface area is 141 Å². The lowest BCUT2D eigenvalue weighted by Crippen LogP contribution is -2.32. The number of carbonyl (C=O) groups excluding carboxylic acids is 2. The fourth-order valence-electron chi connectivity index (χ4n) is 3.61. The van der Waals surface area contributed by atoms with E-state index in [-0.39, 0.29) is 29.8 Å². The molecule has 1 aromatic rings. The van der Waals surface area contributed by atoms with Gasteiger partial charge in [-0.1, -0.05) is 18.2 Å². The van der Waals surface area contributed by atoms with Crippen LogP contribution in [0.25, 0.3) is 0 Å². The molecule has 0 spiro atoms. The molecule has 24 heavy (non-hydrogen) atoms. The summed E-state index contributed by atoms with van der Waals surface area (Å²) >= 11 is 0. The van der Waals surface area contributed by atoms with Crippen molar-refractivity contribution in [2.75, 3.05) is 20.1 Å². The van der Waals surface area contributed by atoms with Crippen molar-refractivity contribution >= 4 is 11.8 Å². The zero-order valence-corrected chi connectivity index (χ0v) is 13.8. The molecular formula is C18H23FN2O3. The first-order valence-electron chi connectivity index (χ1n) is 8.44. The molecule has 0 bridgehead atoms. The minimum absolute atomic E-state index is 0.0159. The number of benzene rings is 1. The monoisotopic (exact) mass is 334 g/mol. The molecule has 0 aliphatic carbocycles. The summed E-state index contributed by atoms with van der Waals surface area (Å²) in [5.41, 5.74) is 0.576. The Morgan fingerprint density at radius 3 is 2.83 bits per heavy atom. The summed E-state index contributed by atoms with van der Waals surface area (Å²) in [6.07, 6.45) is 1.90. The maximum Gasteiger partial charge on any atom is 0.223 e. The van der Waals surface area contributed by atoms with Gasteiger partial charge in [-0.05, 0) is 24.5 Å². The van der Waals surface area contributed by atoms with E-state index in [1.54, 1.807) is 25.2 Å². The lowest BCUT2D eigenvalue weighted by atomic mass is 10.0. The van der Waals surface area contributed by atoms with E-state index in [4.69, 9.17) is 4.74 Å². The molecular weight excluding hydrogens is 311 g/mol. The smallest absolute Gasteiger partial charge is 0.223 e. The quantitative estimate of drug-likeness (QED) is 0.888. The SMILES string of the molecule is CNC(=O)C[C@H]1C[C@H]2CN(C(=O)CCc3ccccc3F)C[C@H]2O1. The van der Waals surface area contributed by atoms with Crippen molar-refractivity contribution in [2.45, 2.75) is 37.9 Å². The van der Waals surface area contributed by atoms with Crippen molar-refractivity contribution in [3.63, 3.8) is 0 Å². The number of amides is 2. The average Bonchev–Trinajstić information content (AvgIpc) is 3.12. The number of hydrogen-bond acceptors (Lipinski definition) is 3. The van der Waals surface area contributed by atoms with Crippen LogP contribution in [0.15, 0.2) is 24.3 Å². The first-order valence-corrected chi connectivity index (χ1v) is 8.44. The average molecular weight is 334 g/mol. The largest absolute Gasteiger partial charge is 0.372 e. The predicted molar refractivity (Wildman–Crippen MR) is 86.8 cm³/mol. The zero-order valence-electron chi connectivity index (χ0n) is 13.8. The molecule has 3 rings (SSSR count). The van der Waals surface area contributed by atoms with E-state index in [1.165, 1.54) is 6.07 Å². The van der Waals surface area contributed by atoms with E-state index in [0.29, 0.717) is 43.8 Å². The third-order valence-corrected chi connectivity index (χ3v) is 4.92. The molecule has 2 amide bonds. The van der Waals surface area contributed by atoms with Crippen molar-refractivity contribution in [3.05, 3.63) is 35.6 Å². The Bertz CT molecular complexity index is 608. The van der Waals surface area contributed by atoms with Gasteiger partial charge in [0.15, 0.2) is 0 Å². The number of rotatable bonds is 5. The van der Waals surface area contributed by atoms with Crippen LogP contribution in [-0.2, 0) is 20.7 Å². The second-order valence-electron chi connectivity index (χ2n) is 6.56. The van der Waals surface area contributed by atoms with Crippen LogP contribution in [0.2, 0.25) is 0 Å². The molecule has 2 aliphatic rings. The Hall–Kier alpha value is -1.95. The Kier molecular flexibility index (Phi) is 5.14. The zero-order chi connectivity index (χ0) is 17.1. The predicted octanol–water partition coefficient (Wildman–Crippen LogP) is 1.51. The van der Waals surface area contributed by atoms with Crippen LogP contribution >= 0.6 is 0 Å². The van der Waals surface area contributed by atoms with E-state index < -0.39 is 0 Å². The van der Waals surface area contributed by atoms with Crippen molar-refractivity contribution in [1.29, 1.82) is 0 Å². The normalized spacial score (nSPS) is 25.6. The molecule has 2 heterocycles. The summed E-state index contributed by atoms with van der Waals surface area (Å²) in [5, 5.41) is 2.61. The first-order chi connectivity index (χ1) is 11.6. The van der Waals surface area contributed by atoms with Gasteiger partial charge in [-0.15, -0.1) is 0 Å². The second kappa shape index (κ2) is 7.30. The summed E-state index contributed by atoms with van der Waals surface area (Å²) in [5.74, 6) is 0.0675. The first kappa shape index (κ1) is 16.9. The van der Waals surface area contributed by atoms with Gasteiger partial charge in [0.25, 0.3) is 0 Å². The number of likely N-dealkylation sites (tertiary alicyclic amines) is 1. The molecule has 2 fully saturated rings. The van der Waals surface area contributed by atoms with Crippen molar-refractivity contribution < 1.29 is 18.7 Å². The highest BCUT2D eigenvalue weighted by Crippen LogP contribution is 2.34. The molecule has 5 nitrogen and oxygen atoms in total. The summed E-state index contributed by atoms with van der Waals surface area (Å²) in [6, 6.07) is 6.56. The van der Waals surface area contributed by atoms with Crippen LogP contribution in [0.4, 0.5) is 4.39 Å². The lowest BCUT2D eigenvalue weighted by Gasteiger charge is -2.19. The minimum Gasteiger partial charge on any atom is -0.372 e. The van der Waals surface area contributed by atoms with Gasteiger partial charge in [-0.3, -0.25) is 9.59 Å². The third kappa shape index (κ3) is 3.75. The van der Waals surface area contributed by atoms with Gasteiger partial charge in [-0.2, -0.15) is 0 Å². The fourth-order valence-corrected chi connectivity index (χ4v) is 3.61. The van der Waals surface area contributed by atoms with Gasteiger partial charge in [0, 0.05) is 32.5 Å². The number of halogens is 1. The molecule has 2 aliphatic heterocycles. The Morgan fingerprint density at radius 2 is 2.12 bits per heavy atom. The van der Waals surface area contributed by atoms with Gasteiger partial charge in [0.2, 0.25) is 11.8 Å². The Morgan fingerprint density at radius 1 is 1.33 bits per heavy atom. The van der Waals surface area contributed by atoms with E-state index >= 15 is 0 Å². The maximum absolute atomic E-state index is 13.6. The number of nitrogens with one attached hydrogen (secondary N) is 1. The summed E-state index contributed by atoms with van der Waals surface area (Å²) in [4.78, 5) is 25.6. The van der Waals surface area contributed by atoms with E-state index in [0.717, 1.165) is 6.42 Å². The standard InChI is InChI=1S/C18H23FN2O3/c1-20-17(22)9-14-8-13-10-21(11-16(13)24-14)18(23)7-6-12-4-2-3-5-15(12)19/h2-5,13-14,16H,6-11H2,1H3,(H,20,22)/t13-,14+,16+/m0/s1. The van der Waals surface area contributed by atoms with Gasteiger partial charge in [0.1, 0.15) is 5.82 Å². The van der Waals surface area contributed by atoms with Crippen LogP contribution in [0.1, 0.15) is 24.8 Å². The summed E-state index contributed by atoms with van der Waals surface area (Å²) in [6.45, 7) is 1.25. The van der Waals surface area contributed by atoms with Crippen LogP contribution in [-0.4, -0.2) is 49.1 Å². The number of nitrogens with zero attached hydrogens (tertiary/aromatic N) is 1. The van der Waals surface area contributed by atoms with Crippen molar-refractivity contribution in [2.24, 2.45) is 5.92 Å². The highest BCUT2D eigenvalue weighted by molar-refractivity contribution is 5.77. The second-order valence-corrected chi connectivity index (χ2v) is 6.56. The van der Waals surface area contributed by atoms with E-state index in [9.17, 15) is 14.0 Å². The number of carbonyl (C=O) groups is 2. The molecule has 1 aromatic carbocycles. The van der Waals surface area contributed by atoms with Gasteiger partial charge >= 0.3 is 0 Å². The molecule has 3 atom stereocenters. The van der Waals surface area contributed by atoms with E-state index in [1.807, 2.05) is 4.90 Å². The van der Waals surface area contributed by atoms with Gasteiger partial charge in [-0.25, -0.2) is 4.39 Å². The molecule has 1 N–H and O–H groups in total. The fraction of sp³-hybridized carbons (Fsp3) is 0.556. The van der Waals surface area contributed by atoms with Crippen molar-refractivity contribution in [1.82, 2.24) is 10.2 Å². The topological polar surface area (TPSA) is 58.6 Å². The number of ether oxygens (including phenoxy) is 1. The van der Waals surface area contributed by atoms with Crippen LogP contribution in [0, 0.1) is 11.7 Å². The molecule has 0 unspecified atom stereocenters. The lowest BCUT2D eigenvalue weighted by molar-refractivity contribution is -0.131. The van der Waals surface area contributed by atoms with Crippen LogP contribution in [0.3, 0.4) is 0 Å². The molecule has 0 saturated carbocycles. The number of hydrogen-bond donors (Lipinski definition) is 1. The molecule has 0 aromatic heterocycles. The van der Waals surface area contributed by atoms with Gasteiger partial charge < -0.3 is 15.0 Å². The summed E-state index contributed by atoms with van der Waals surface area (Å²) < 4.78 is 19.5. The Balaban J connectivity index is 1.46. The number of aryl methyl sites for hydroxylation is 1. The van der Waals surface area contributed by atoms with E-state index in [2.05, 4.69) is 5.32 Å². The highest BCUT2D eigenvalue weighted by Gasteiger charge is 2.43. The van der Waals surface area contributed by atoms with Crippen LogP contribution in [0.5, 0.6) is 0 Å². The van der Waals surface area contributed by atoms with Gasteiger partial charge in [0.05, 0.1) is 18.6 Å². The third-order valence-electron chi connectivity index (χ3n) is 4.92. The minimum atomic E-state index is -0.260. The number of fused-ring (bicyclic) bond motifs is 1. The van der Waals surface area contributed by atoms with Crippen LogP contribution < -0.4 is 5.32 Å². The molecule has 2 saturated heterocycles. The molecule has 130 valence electrons. The molecule has 6 heteroatoms. The maximum atomic E-state index is 13.6.